The number of aryl methyl sites for hydroxylation is 2. The van der Waals surface area contributed by atoms with Crippen LogP contribution in [0.3, 0.4) is 0 Å². The molecule has 0 radical (unpaired) electrons. The Hall–Kier alpha value is -4.54. The summed E-state index contributed by atoms with van der Waals surface area (Å²) in [5.74, 6) is 0.276. The van der Waals surface area contributed by atoms with Gasteiger partial charge in [-0.2, -0.15) is 10.1 Å². The molecule has 0 amide bonds. The molecule has 0 saturated heterocycles. The van der Waals surface area contributed by atoms with Crippen molar-refractivity contribution >= 4 is 28.5 Å². The number of rotatable bonds is 6. The highest BCUT2D eigenvalue weighted by atomic mass is 16.6. The summed E-state index contributed by atoms with van der Waals surface area (Å²) in [5.41, 5.74) is 5.50. The number of non-ortho nitro benzene ring substituents is 1. The maximum Gasteiger partial charge on any atom is 0.329 e. The number of hydrazone groups is 1. The van der Waals surface area contributed by atoms with Crippen LogP contribution in [-0.4, -0.2) is 29.7 Å². The molecule has 0 fully saturated rings. The third-order valence-corrected chi connectivity index (χ3v) is 5.29. The fraction of sp³-hybridized carbons (Fsp3) is 0.182. The Bertz CT molecular complexity index is 1490. The Morgan fingerprint density at radius 3 is 2.45 bits per heavy atom. The van der Waals surface area contributed by atoms with Crippen molar-refractivity contribution in [2.75, 3.05) is 5.43 Å². The van der Waals surface area contributed by atoms with Crippen molar-refractivity contribution in [3.05, 3.63) is 96.2 Å². The van der Waals surface area contributed by atoms with Crippen LogP contribution < -0.4 is 16.7 Å². The molecule has 0 aliphatic heterocycles. The number of imidazole rings is 1. The standard InChI is InChI=1S/C22H21N7O4/c1-13-4-6-15(7-5-13)12-28-18-19(27(3)22(31)24-20(18)30)23-21(28)26-25-14(2)16-8-10-17(11-9-16)29(32)33/h4-11H,12H2,1-3H3,(H,23,26)(H,24,30,31)/b25-14-. The van der Waals surface area contributed by atoms with Gasteiger partial charge in [-0.05, 0) is 37.1 Å². The first-order valence-electron chi connectivity index (χ1n) is 10.0. The van der Waals surface area contributed by atoms with Crippen molar-refractivity contribution in [3.63, 3.8) is 0 Å². The van der Waals surface area contributed by atoms with E-state index in [-0.39, 0.29) is 22.8 Å². The lowest BCUT2D eigenvalue weighted by atomic mass is 10.1. The molecule has 0 spiro atoms. The van der Waals surface area contributed by atoms with Crippen LogP contribution in [0.2, 0.25) is 0 Å². The molecule has 0 saturated carbocycles. The van der Waals surface area contributed by atoms with Crippen LogP contribution in [0.1, 0.15) is 23.6 Å². The summed E-state index contributed by atoms with van der Waals surface area (Å²) >= 11 is 0. The van der Waals surface area contributed by atoms with Crippen molar-refractivity contribution in [2.24, 2.45) is 12.1 Å². The molecular formula is C22H21N7O4. The van der Waals surface area contributed by atoms with Gasteiger partial charge in [0.05, 0.1) is 17.2 Å². The Labute approximate surface area is 187 Å². The van der Waals surface area contributed by atoms with E-state index in [2.05, 4.69) is 20.5 Å². The average Bonchev–Trinajstić information content (AvgIpc) is 3.16. The number of aromatic nitrogens is 4. The maximum absolute atomic E-state index is 12.6. The highest BCUT2D eigenvalue weighted by Crippen LogP contribution is 2.19. The third-order valence-electron chi connectivity index (χ3n) is 5.29. The number of anilines is 1. The first-order valence-corrected chi connectivity index (χ1v) is 10.0. The minimum Gasteiger partial charge on any atom is -0.298 e. The van der Waals surface area contributed by atoms with Crippen LogP contribution in [0.25, 0.3) is 11.2 Å². The number of hydrogen-bond acceptors (Lipinski definition) is 7. The lowest BCUT2D eigenvalue weighted by molar-refractivity contribution is -0.384. The Morgan fingerprint density at radius 2 is 1.82 bits per heavy atom. The largest absolute Gasteiger partial charge is 0.329 e. The Kier molecular flexibility index (Phi) is 5.61. The van der Waals surface area contributed by atoms with Gasteiger partial charge < -0.3 is 0 Å². The molecule has 4 rings (SSSR count). The summed E-state index contributed by atoms with van der Waals surface area (Å²) in [6.07, 6.45) is 0. The van der Waals surface area contributed by atoms with Crippen LogP contribution >= 0.6 is 0 Å². The van der Waals surface area contributed by atoms with Crippen molar-refractivity contribution < 1.29 is 4.92 Å². The van der Waals surface area contributed by atoms with E-state index in [9.17, 15) is 19.7 Å². The number of nitrogens with zero attached hydrogens (tertiary/aromatic N) is 5. The summed E-state index contributed by atoms with van der Waals surface area (Å²) in [4.78, 5) is 41.8. The summed E-state index contributed by atoms with van der Waals surface area (Å²) in [6, 6.07) is 13.8. The predicted octanol–water partition coefficient (Wildman–Crippen LogP) is 2.52. The molecular weight excluding hydrogens is 426 g/mol. The maximum atomic E-state index is 12.6. The highest BCUT2D eigenvalue weighted by Gasteiger charge is 2.17. The molecule has 33 heavy (non-hydrogen) atoms. The fourth-order valence-corrected chi connectivity index (χ4v) is 3.37. The van der Waals surface area contributed by atoms with Crippen LogP contribution in [0.15, 0.2) is 63.2 Å². The molecule has 11 heteroatoms. The number of nitro groups is 1. The van der Waals surface area contributed by atoms with Crippen molar-refractivity contribution in [2.45, 2.75) is 20.4 Å². The number of fused-ring (bicyclic) bond motifs is 1. The number of hydrogen-bond donors (Lipinski definition) is 2. The quantitative estimate of drug-likeness (QED) is 0.264. The van der Waals surface area contributed by atoms with Gasteiger partial charge in [0.15, 0.2) is 11.2 Å². The van der Waals surface area contributed by atoms with E-state index in [4.69, 9.17) is 0 Å². The topological polar surface area (TPSA) is 140 Å². The van der Waals surface area contributed by atoms with Gasteiger partial charge in [-0.15, -0.1) is 0 Å². The minimum absolute atomic E-state index is 0.0143. The van der Waals surface area contributed by atoms with E-state index in [0.29, 0.717) is 17.8 Å². The van der Waals surface area contributed by atoms with E-state index in [1.807, 2.05) is 31.2 Å². The molecule has 2 aromatic heterocycles. The van der Waals surface area contributed by atoms with Gasteiger partial charge in [0.25, 0.3) is 11.2 Å². The van der Waals surface area contributed by atoms with Gasteiger partial charge >= 0.3 is 5.69 Å². The number of nitrogens with one attached hydrogen (secondary N) is 2. The second-order valence-corrected chi connectivity index (χ2v) is 7.61. The van der Waals surface area contributed by atoms with E-state index < -0.39 is 16.2 Å². The molecule has 0 atom stereocenters. The molecule has 11 nitrogen and oxygen atoms in total. The van der Waals surface area contributed by atoms with Crippen LogP contribution in [0.5, 0.6) is 0 Å². The van der Waals surface area contributed by atoms with Crippen LogP contribution in [0.4, 0.5) is 11.6 Å². The molecule has 4 aromatic rings. The fourth-order valence-electron chi connectivity index (χ4n) is 3.37. The normalized spacial score (nSPS) is 11.7. The van der Waals surface area contributed by atoms with Gasteiger partial charge in [-0.25, -0.2) is 10.2 Å². The second-order valence-electron chi connectivity index (χ2n) is 7.61. The summed E-state index contributed by atoms with van der Waals surface area (Å²) in [5, 5.41) is 15.2. The molecule has 0 unspecified atom stereocenters. The van der Waals surface area contributed by atoms with E-state index in [0.717, 1.165) is 11.1 Å². The van der Waals surface area contributed by atoms with Crippen molar-refractivity contribution in [3.8, 4) is 0 Å². The zero-order chi connectivity index (χ0) is 23.7. The predicted molar refractivity (Wildman–Crippen MR) is 125 cm³/mol. The van der Waals surface area contributed by atoms with Gasteiger partial charge in [0.1, 0.15) is 0 Å². The third kappa shape index (κ3) is 4.28. The molecule has 168 valence electrons. The lowest BCUT2D eigenvalue weighted by Gasteiger charge is -2.09. The van der Waals surface area contributed by atoms with Gasteiger partial charge in [0.2, 0.25) is 5.95 Å². The van der Waals surface area contributed by atoms with E-state index in [1.165, 1.54) is 23.7 Å². The van der Waals surface area contributed by atoms with Crippen molar-refractivity contribution in [1.29, 1.82) is 0 Å². The second kappa shape index (κ2) is 8.54. The molecule has 0 bridgehead atoms. The minimum atomic E-state index is -0.565. The van der Waals surface area contributed by atoms with Gasteiger partial charge in [0, 0.05) is 19.2 Å². The molecule has 0 aliphatic carbocycles. The molecule has 2 heterocycles. The van der Waals surface area contributed by atoms with Gasteiger partial charge in [-0.3, -0.25) is 29.0 Å². The molecule has 2 N–H and O–H groups in total. The zero-order valence-corrected chi connectivity index (χ0v) is 18.2. The van der Waals surface area contributed by atoms with Gasteiger partial charge in [-0.1, -0.05) is 29.8 Å². The van der Waals surface area contributed by atoms with Crippen LogP contribution in [0, 0.1) is 17.0 Å². The smallest absolute Gasteiger partial charge is 0.298 e. The average molecular weight is 447 g/mol. The Balaban J connectivity index is 1.76. The number of H-pyrrole nitrogens is 1. The number of nitro benzene ring substituents is 1. The van der Waals surface area contributed by atoms with Crippen LogP contribution in [-0.2, 0) is 13.6 Å². The zero-order valence-electron chi connectivity index (χ0n) is 18.2. The molecule has 0 aliphatic rings. The SMILES string of the molecule is C/C(=N/Nc1nc2c(c(=O)[nH]c(=O)n2C)n1Cc1ccc(C)cc1)c1ccc([N+](=O)[O-])cc1. The Morgan fingerprint density at radius 1 is 1.15 bits per heavy atom. The number of benzene rings is 2. The van der Waals surface area contributed by atoms with Crippen molar-refractivity contribution in [1.82, 2.24) is 19.1 Å². The monoisotopic (exact) mass is 447 g/mol. The van der Waals surface area contributed by atoms with E-state index >= 15 is 0 Å². The van der Waals surface area contributed by atoms with E-state index in [1.54, 1.807) is 23.6 Å². The molecule has 2 aromatic carbocycles. The first-order chi connectivity index (χ1) is 15.7. The number of aromatic amines is 1. The summed E-state index contributed by atoms with van der Waals surface area (Å²) in [7, 11) is 1.53. The summed E-state index contributed by atoms with van der Waals surface area (Å²) < 4.78 is 2.92. The first kappa shape index (κ1) is 21.7. The lowest BCUT2D eigenvalue weighted by Crippen LogP contribution is -2.29. The highest BCUT2D eigenvalue weighted by molar-refractivity contribution is 5.99. The summed E-state index contributed by atoms with van der Waals surface area (Å²) in [6.45, 7) is 4.05.